The monoisotopic (exact) mass is 763 g/mol. The Morgan fingerprint density at radius 1 is 1.07 bits per heavy atom. The van der Waals surface area contributed by atoms with E-state index in [9.17, 15) is 28.7 Å². The number of fused-ring (bicyclic) bond motifs is 2. The van der Waals surface area contributed by atoms with Gasteiger partial charge in [0, 0.05) is 31.6 Å². The topological polar surface area (TPSA) is 192 Å². The highest BCUT2D eigenvalue weighted by molar-refractivity contribution is 7.89. The molecule has 0 bridgehead atoms. The van der Waals surface area contributed by atoms with Crippen LogP contribution in [-0.4, -0.2) is 104 Å². The van der Waals surface area contributed by atoms with E-state index >= 15 is 0 Å². The molecule has 5 atom stereocenters. The number of aliphatic imine (C=N–C) groups is 1. The van der Waals surface area contributed by atoms with Crippen LogP contribution in [0.3, 0.4) is 0 Å². The summed E-state index contributed by atoms with van der Waals surface area (Å²) in [6.07, 6.45) is -0.374. The van der Waals surface area contributed by atoms with E-state index < -0.39 is 52.6 Å². The van der Waals surface area contributed by atoms with Crippen molar-refractivity contribution in [3.8, 4) is 23.4 Å². The van der Waals surface area contributed by atoms with Crippen molar-refractivity contribution in [1.29, 1.82) is 5.26 Å². The lowest BCUT2D eigenvalue weighted by Gasteiger charge is -2.40. The Labute approximate surface area is 314 Å². The summed E-state index contributed by atoms with van der Waals surface area (Å²) in [5.74, 6) is 0.931. The molecule has 3 heterocycles. The van der Waals surface area contributed by atoms with Crippen LogP contribution >= 0.6 is 0 Å². The van der Waals surface area contributed by atoms with Crippen molar-refractivity contribution in [3.05, 3.63) is 84.4 Å². The summed E-state index contributed by atoms with van der Waals surface area (Å²) < 4.78 is 58.4. The lowest BCUT2D eigenvalue weighted by molar-refractivity contribution is -0.0906. The number of carboxylic acid groups (broad SMARTS) is 1. The van der Waals surface area contributed by atoms with Gasteiger partial charge in [-0.25, -0.2) is 23.5 Å². The predicted molar refractivity (Wildman–Crippen MR) is 195 cm³/mol. The number of ether oxygens (including phenoxy) is 5. The lowest BCUT2D eigenvalue weighted by atomic mass is 9.89. The maximum absolute atomic E-state index is 14.6. The van der Waals surface area contributed by atoms with Crippen molar-refractivity contribution in [2.24, 2.45) is 16.3 Å². The smallest absolute Gasteiger partial charge is 0.407 e. The molecule has 2 saturated heterocycles. The van der Waals surface area contributed by atoms with Crippen LogP contribution in [0.4, 0.5) is 4.79 Å². The average molecular weight is 764 g/mol. The van der Waals surface area contributed by atoms with E-state index in [-0.39, 0.29) is 55.5 Å². The first-order valence-corrected chi connectivity index (χ1v) is 19.2. The third-order valence-electron chi connectivity index (χ3n) is 9.82. The van der Waals surface area contributed by atoms with Crippen LogP contribution in [0.2, 0.25) is 0 Å². The molecule has 0 radical (unpaired) electrons. The first-order chi connectivity index (χ1) is 25.9. The van der Waals surface area contributed by atoms with Crippen molar-refractivity contribution in [2.75, 3.05) is 39.6 Å². The van der Waals surface area contributed by atoms with Gasteiger partial charge in [0.15, 0.2) is 24.0 Å². The highest BCUT2D eigenvalue weighted by atomic mass is 32.2. The highest BCUT2D eigenvalue weighted by Crippen LogP contribution is 2.38. The number of benzene rings is 3. The maximum Gasteiger partial charge on any atom is 0.407 e. The largest absolute Gasteiger partial charge is 0.465 e. The second kappa shape index (κ2) is 17.0. The van der Waals surface area contributed by atoms with Crippen LogP contribution in [0, 0.1) is 22.8 Å². The molecule has 0 saturated carbocycles. The molecule has 15 nitrogen and oxygen atoms in total. The molecular formula is C38H45N5O10S. The zero-order chi connectivity index (χ0) is 38.3. The molecule has 0 unspecified atom stereocenters. The third kappa shape index (κ3) is 9.23. The molecule has 6 rings (SSSR count). The van der Waals surface area contributed by atoms with Crippen LogP contribution in [0.15, 0.2) is 88.8 Å². The minimum atomic E-state index is -4.32. The van der Waals surface area contributed by atoms with E-state index in [1.54, 1.807) is 24.3 Å². The zero-order valence-electron chi connectivity index (χ0n) is 30.1. The number of amidine groups is 1. The molecule has 288 valence electrons. The van der Waals surface area contributed by atoms with Crippen LogP contribution in [0.25, 0.3) is 0 Å². The van der Waals surface area contributed by atoms with Crippen molar-refractivity contribution in [3.63, 3.8) is 0 Å². The molecule has 1 amide bonds. The number of amides is 1. The molecule has 3 aromatic carbocycles. The minimum Gasteiger partial charge on any atom is -0.465 e. The summed E-state index contributed by atoms with van der Waals surface area (Å²) in [6.45, 7) is 3.87. The van der Waals surface area contributed by atoms with Gasteiger partial charge in [-0.3, -0.25) is 4.90 Å². The number of nitrogens with zero attached hydrogens (tertiary/aromatic N) is 4. The lowest BCUT2D eigenvalue weighted by Crippen LogP contribution is -2.58. The Bertz CT molecular complexity index is 1930. The Morgan fingerprint density at radius 2 is 1.80 bits per heavy atom. The second-order valence-electron chi connectivity index (χ2n) is 14.2. The molecule has 3 aliphatic heterocycles. The van der Waals surface area contributed by atoms with Gasteiger partial charge in [-0.1, -0.05) is 62.4 Å². The SMILES string of the molecule is CC(C)(CCN=C(NC#N)Oc1ccccc1)CN(C[C@@H](O)[C@H](Cc1ccccc1)N(C(=O)O)[C@H]1CO[C@H]2OCC[C@H]21)S(=O)(=O)c1ccc2c(c1)OCO2. The summed E-state index contributed by atoms with van der Waals surface area (Å²) >= 11 is 0. The van der Waals surface area contributed by atoms with E-state index in [0.717, 1.165) is 5.56 Å². The van der Waals surface area contributed by atoms with E-state index in [1.807, 2.05) is 56.4 Å². The molecule has 54 heavy (non-hydrogen) atoms. The van der Waals surface area contributed by atoms with Gasteiger partial charge >= 0.3 is 12.1 Å². The number of hydrogen-bond donors (Lipinski definition) is 3. The van der Waals surface area contributed by atoms with Crippen molar-refractivity contribution in [2.45, 2.75) is 62.5 Å². The molecule has 0 spiro atoms. The fourth-order valence-corrected chi connectivity index (χ4v) is 8.72. The van der Waals surface area contributed by atoms with E-state index in [0.29, 0.717) is 30.9 Å². The normalized spacial score (nSPS) is 20.6. The van der Waals surface area contributed by atoms with Gasteiger partial charge in [0.05, 0.1) is 36.3 Å². The van der Waals surface area contributed by atoms with Crippen molar-refractivity contribution in [1.82, 2.24) is 14.5 Å². The molecule has 3 aromatic rings. The van der Waals surface area contributed by atoms with Gasteiger partial charge in [-0.05, 0) is 54.5 Å². The number of rotatable bonds is 15. The number of carbonyl (C=O) groups is 1. The fourth-order valence-electron chi connectivity index (χ4n) is 7.06. The number of para-hydroxylation sites is 1. The maximum atomic E-state index is 14.6. The summed E-state index contributed by atoms with van der Waals surface area (Å²) in [4.78, 5) is 18.7. The number of aliphatic hydroxyl groups excluding tert-OH is 1. The molecule has 0 aliphatic carbocycles. The quantitative estimate of drug-likeness (QED) is 0.0873. The predicted octanol–water partition coefficient (Wildman–Crippen LogP) is 4.04. The Hall–Kier alpha value is -4.92. The molecule has 0 aromatic heterocycles. The van der Waals surface area contributed by atoms with Crippen LogP contribution in [-0.2, 0) is 25.9 Å². The van der Waals surface area contributed by atoms with Gasteiger partial charge < -0.3 is 33.9 Å². The van der Waals surface area contributed by atoms with E-state index in [1.165, 1.54) is 27.4 Å². The average Bonchev–Trinajstić information content (AvgIpc) is 3.90. The van der Waals surface area contributed by atoms with Gasteiger partial charge in [0.2, 0.25) is 16.8 Å². The second-order valence-corrected chi connectivity index (χ2v) is 16.1. The standard InChI is InChI=1S/C38H45N5O10S/c1-38(2,16-17-40-36(41-24-39)53-27-11-7-4-8-12-27)23-42(54(47,48)28-13-14-33-34(20-28)52-25-51-33)21-32(44)30(19-26-9-5-3-6-10-26)43(37(45)46)31-22-50-35-29(31)15-18-49-35/h3-14,20,29-32,35,44H,15-19,21-23,25H2,1-2H3,(H,40,41)(H,45,46)/t29-,30-,31-,32+,35+/m0/s1. The van der Waals surface area contributed by atoms with Gasteiger partial charge in [0.1, 0.15) is 5.75 Å². The summed E-state index contributed by atoms with van der Waals surface area (Å²) in [6, 6.07) is 20.7. The van der Waals surface area contributed by atoms with Crippen LogP contribution < -0.4 is 19.5 Å². The summed E-state index contributed by atoms with van der Waals surface area (Å²) in [5, 5.41) is 34.6. The number of hydrogen-bond acceptors (Lipinski definition) is 11. The van der Waals surface area contributed by atoms with E-state index in [4.69, 9.17) is 23.7 Å². The molecule has 16 heteroatoms. The Morgan fingerprint density at radius 3 is 2.52 bits per heavy atom. The number of nitriles is 1. The first-order valence-electron chi connectivity index (χ1n) is 17.7. The first kappa shape index (κ1) is 38.8. The molecule has 3 N–H and O–H groups in total. The Balaban J connectivity index is 1.29. The van der Waals surface area contributed by atoms with Gasteiger partial charge in [-0.2, -0.15) is 9.57 Å². The van der Waals surface area contributed by atoms with Crippen LogP contribution in [0.1, 0.15) is 32.3 Å². The van der Waals surface area contributed by atoms with Gasteiger partial charge in [-0.15, -0.1) is 0 Å². The molecule has 2 fully saturated rings. The Kier molecular flexibility index (Phi) is 12.2. The van der Waals surface area contributed by atoms with E-state index in [2.05, 4.69) is 10.3 Å². The fraction of sp³-hybridized carbons (Fsp3) is 0.447. The number of nitrogens with one attached hydrogen (secondary N) is 1. The third-order valence-corrected chi connectivity index (χ3v) is 11.6. The van der Waals surface area contributed by atoms with Gasteiger partial charge in [0.25, 0.3) is 0 Å². The summed E-state index contributed by atoms with van der Waals surface area (Å²) in [7, 11) is -4.32. The number of aliphatic hydroxyl groups is 1. The zero-order valence-corrected chi connectivity index (χ0v) is 30.9. The molecule has 3 aliphatic rings. The minimum absolute atomic E-state index is 0.0110. The van der Waals surface area contributed by atoms with Crippen LogP contribution in [0.5, 0.6) is 17.2 Å². The summed E-state index contributed by atoms with van der Waals surface area (Å²) in [5.41, 5.74) is 0.0282. The highest BCUT2D eigenvalue weighted by Gasteiger charge is 2.49. The van der Waals surface area contributed by atoms with Crippen molar-refractivity contribution >= 4 is 22.1 Å². The van der Waals surface area contributed by atoms with Crippen molar-refractivity contribution < 1.29 is 47.1 Å². The number of sulfonamides is 1. The molecular weight excluding hydrogens is 719 g/mol.